The van der Waals surface area contributed by atoms with Crippen molar-refractivity contribution >= 4 is 22.1 Å². The van der Waals surface area contributed by atoms with Gasteiger partial charge in [-0.15, -0.1) is 59.7 Å². The number of hydrogen-bond donors (Lipinski definition) is 2. The minimum absolute atomic E-state index is 0. The van der Waals surface area contributed by atoms with Crippen molar-refractivity contribution in [1.82, 2.24) is 39.0 Å². The van der Waals surface area contributed by atoms with Gasteiger partial charge in [0, 0.05) is 80.0 Å². The first-order chi connectivity index (χ1) is 25.4. The number of fused-ring (bicyclic) bond motifs is 2. The number of phenols is 2. The number of hydrogen-bond acceptors (Lipinski definition) is 8. The number of imidazole rings is 2. The molecular formula is C42H28N8O2Pt2-2. The van der Waals surface area contributed by atoms with Crippen LogP contribution in [0.1, 0.15) is 0 Å². The van der Waals surface area contributed by atoms with Crippen LogP contribution in [0.5, 0.6) is 11.5 Å². The second-order valence-electron chi connectivity index (χ2n) is 12.4. The average Bonchev–Trinajstić information content (AvgIpc) is 3.71. The van der Waals surface area contributed by atoms with Gasteiger partial charge in [-0.3, -0.25) is 19.9 Å². The molecule has 0 amide bonds. The Morgan fingerprint density at radius 3 is 1.37 bits per heavy atom. The van der Waals surface area contributed by atoms with Crippen LogP contribution in [-0.4, -0.2) is 49.3 Å². The topological polar surface area (TPSA) is 128 Å². The molecule has 0 saturated carbocycles. The molecule has 5 aromatic heterocycles. The molecule has 0 saturated heterocycles. The fourth-order valence-electron chi connectivity index (χ4n) is 6.61. The van der Waals surface area contributed by atoms with Crippen molar-refractivity contribution in [2.45, 2.75) is 0 Å². The third-order valence-corrected chi connectivity index (χ3v) is 9.27. The molecule has 10 nitrogen and oxygen atoms in total. The summed E-state index contributed by atoms with van der Waals surface area (Å²) in [6, 6.07) is 35.1. The van der Waals surface area contributed by atoms with Gasteiger partial charge in [-0.25, -0.2) is 9.97 Å². The van der Waals surface area contributed by atoms with Gasteiger partial charge < -0.3 is 19.3 Å². The number of pyridine rings is 2. The molecule has 0 bridgehead atoms. The Hall–Kier alpha value is -5.82. The number of para-hydroxylation sites is 2. The summed E-state index contributed by atoms with van der Waals surface area (Å²) in [5.41, 5.74) is 10.7. The molecule has 2 N–H and O–H groups in total. The Kier molecular flexibility index (Phi) is 10.1. The zero-order chi connectivity index (χ0) is 35.3. The quantitative estimate of drug-likeness (QED) is 0.160. The van der Waals surface area contributed by atoms with Crippen LogP contribution in [0, 0.1) is 12.1 Å². The van der Waals surface area contributed by atoms with Crippen LogP contribution in [0.2, 0.25) is 0 Å². The summed E-state index contributed by atoms with van der Waals surface area (Å²) >= 11 is 0. The van der Waals surface area contributed by atoms with Crippen LogP contribution >= 0.6 is 0 Å². The van der Waals surface area contributed by atoms with E-state index in [2.05, 4.69) is 32.1 Å². The fourth-order valence-corrected chi connectivity index (χ4v) is 6.61. The summed E-state index contributed by atoms with van der Waals surface area (Å²) in [6.45, 7) is 0. The van der Waals surface area contributed by atoms with E-state index in [0.717, 1.165) is 55.4 Å². The molecule has 12 heteroatoms. The summed E-state index contributed by atoms with van der Waals surface area (Å²) < 4.78 is 3.87. The predicted octanol–water partition coefficient (Wildman–Crippen LogP) is 8.05. The van der Waals surface area contributed by atoms with Gasteiger partial charge in [0.15, 0.2) is 0 Å². The Bertz CT molecular complexity index is 2650. The molecule has 0 aliphatic rings. The molecule has 0 aliphatic heterocycles. The monoisotopic (exact) mass is 1070 g/mol. The van der Waals surface area contributed by atoms with E-state index in [4.69, 9.17) is 9.97 Å². The summed E-state index contributed by atoms with van der Waals surface area (Å²) in [5.74, 6) is 1.61. The maximum atomic E-state index is 10.5. The Morgan fingerprint density at radius 1 is 0.500 bits per heavy atom. The van der Waals surface area contributed by atoms with Gasteiger partial charge in [0.25, 0.3) is 0 Å². The number of nitrogens with zero attached hydrogens (tertiary/aromatic N) is 8. The summed E-state index contributed by atoms with van der Waals surface area (Å²) in [6.07, 6.45) is 8.67. The molecule has 0 unspecified atom stereocenters. The smallest absolute Gasteiger partial charge is 0.143 e. The molecule has 270 valence electrons. The molecule has 0 spiro atoms. The Morgan fingerprint density at radius 2 is 0.926 bits per heavy atom. The minimum Gasteiger partial charge on any atom is -0.507 e. The first-order valence-electron chi connectivity index (χ1n) is 16.5. The molecule has 0 fully saturated rings. The number of phenolic OH excluding ortho intramolecular Hbond substituents is 2. The van der Waals surface area contributed by atoms with Crippen LogP contribution in [0.15, 0.2) is 122 Å². The van der Waals surface area contributed by atoms with Gasteiger partial charge >= 0.3 is 0 Å². The van der Waals surface area contributed by atoms with Gasteiger partial charge in [-0.1, -0.05) is 41.5 Å². The molecule has 9 rings (SSSR count). The standard InChI is InChI=1S/C42H28N8O2.2Pt/c1-49-35-22-43-20-31(39(35)47-41(49)29-13-3-5-15-37(29)51)25-9-7-11-27(17-25)33-19-34(46-24-45-33)28-12-8-10-26(18-28)32-21-44-23-36-40(32)48-42(50(36)2)30-14-4-6-16-38(30)52;;/h3-16,19-24,51-52H,1-2H3;;/q-2;;. The van der Waals surface area contributed by atoms with Crippen LogP contribution in [0.4, 0.5) is 0 Å². The summed E-state index contributed by atoms with van der Waals surface area (Å²) in [7, 11) is 3.83. The van der Waals surface area contributed by atoms with Gasteiger partial charge in [0.1, 0.15) is 23.1 Å². The van der Waals surface area contributed by atoms with Gasteiger partial charge in [0.2, 0.25) is 0 Å². The van der Waals surface area contributed by atoms with Crippen molar-refractivity contribution in [1.29, 1.82) is 0 Å². The van der Waals surface area contributed by atoms with Crippen LogP contribution < -0.4 is 0 Å². The van der Waals surface area contributed by atoms with Crippen molar-refractivity contribution in [3.63, 3.8) is 0 Å². The van der Waals surface area contributed by atoms with E-state index >= 15 is 0 Å². The zero-order valence-electron chi connectivity index (χ0n) is 28.7. The maximum absolute atomic E-state index is 10.5. The van der Waals surface area contributed by atoms with Crippen molar-refractivity contribution in [2.24, 2.45) is 14.1 Å². The van der Waals surface area contributed by atoms with Crippen LogP contribution in [0.3, 0.4) is 0 Å². The third-order valence-electron chi connectivity index (χ3n) is 9.27. The van der Waals surface area contributed by atoms with E-state index in [-0.39, 0.29) is 53.6 Å². The molecule has 9 aromatic rings. The second kappa shape index (κ2) is 14.9. The number of benzene rings is 4. The molecule has 0 atom stereocenters. The molecular weight excluding hydrogens is 1040 g/mol. The number of rotatable bonds is 6. The summed E-state index contributed by atoms with van der Waals surface area (Å²) in [5, 5.41) is 21.1. The average molecular weight is 1070 g/mol. The first kappa shape index (κ1) is 36.5. The van der Waals surface area contributed by atoms with E-state index in [1.165, 1.54) is 0 Å². The predicted molar refractivity (Wildman–Crippen MR) is 200 cm³/mol. The molecule has 5 heterocycles. The van der Waals surface area contributed by atoms with E-state index in [1.54, 1.807) is 55.4 Å². The molecule has 4 aromatic carbocycles. The van der Waals surface area contributed by atoms with Crippen molar-refractivity contribution in [3.8, 4) is 79.0 Å². The number of aromatic hydroxyl groups is 2. The number of aryl methyl sites for hydroxylation is 2. The van der Waals surface area contributed by atoms with Crippen molar-refractivity contribution < 1.29 is 52.3 Å². The van der Waals surface area contributed by atoms with E-state index in [0.29, 0.717) is 34.2 Å². The number of aromatic nitrogens is 8. The van der Waals surface area contributed by atoms with Gasteiger partial charge in [0.05, 0.1) is 51.9 Å². The van der Waals surface area contributed by atoms with Crippen molar-refractivity contribution in [2.75, 3.05) is 0 Å². The maximum Gasteiger partial charge on any atom is 0.143 e. The SMILES string of the molecule is Cn1c(-c2ccccc2O)nc2c(-c3[c-]c(-c4cc(-c5[c-]c(-c6cncc7c6nc(-c6ccccc6O)n7C)ccc5)ncn4)ccc3)cncc21.[Pt].[Pt]. The largest absolute Gasteiger partial charge is 0.507 e. The van der Waals surface area contributed by atoms with E-state index < -0.39 is 0 Å². The Labute approximate surface area is 338 Å². The van der Waals surface area contributed by atoms with Gasteiger partial charge in [-0.05, 0) is 35.4 Å². The van der Waals surface area contributed by atoms with Crippen LogP contribution in [-0.2, 0) is 56.2 Å². The molecule has 54 heavy (non-hydrogen) atoms. The second-order valence-corrected chi connectivity index (χ2v) is 12.4. The Balaban J connectivity index is 0.00000225. The van der Waals surface area contributed by atoms with Gasteiger partial charge in [-0.2, -0.15) is 0 Å². The first-order valence-corrected chi connectivity index (χ1v) is 16.5. The third kappa shape index (κ3) is 6.31. The molecule has 0 aliphatic carbocycles. The summed E-state index contributed by atoms with van der Waals surface area (Å²) in [4.78, 5) is 28.1. The van der Waals surface area contributed by atoms with E-state index in [9.17, 15) is 10.2 Å². The zero-order valence-corrected chi connectivity index (χ0v) is 33.2. The van der Waals surface area contributed by atoms with Crippen LogP contribution in [0.25, 0.3) is 89.6 Å². The fraction of sp³-hybridized carbons (Fsp3) is 0.0476. The minimum atomic E-state index is 0. The normalized spacial score (nSPS) is 11.0. The molecule has 0 radical (unpaired) electrons. The van der Waals surface area contributed by atoms with Crippen molar-refractivity contribution in [3.05, 3.63) is 134 Å². The van der Waals surface area contributed by atoms with E-state index in [1.807, 2.05) is 90.0 Å².